The summed E-state index contributed by atoms with van der Waals surface area (Å²) in [7, 11) is 0. The number of likely N-dealkylation sites (tertiary alicyclic amines) is 2. The molecule has 2 aliphatic heterocycles. The Hall–Kier alpha value is -2.37. The van der Waals surface area contributed by atoms with Gasteiger partial charge in [-0.3, -0.25) is 9.59 Å². The number of nitrogens with zero attached hydrogens (tertiary/aromatic N) is 2. The number of amides is 2. The predicted octanol–water partition coefficient (Wildman–Crippen LogP) is 3.07. The lowest BCUT2D eigenvalue weighted by molar-refractivity contribution is -0.157. The van der Waals surface area contributed by atoms with Crippen molar-refractivity contribution in [3.05, 3.63) is 35.4 Å². The topological polar surface area (TPSA) is 66.9 Å². The molecule has 6 nitrogen and oxygen atoms in total. The second kappa shape index (κ2) is 9.90. The fourth-order valence-corrected chi connectivity index (χ4v) is 4.33. The average molecular weight is 401 g/mol. The lowest BCUT2D eigenvalue weighted by atomic mass is 10.0. The first-order valence-corrected chi connectivity index (χ1v) is 10.9. The van der Waals surface area contributed by atoms with Crippen molar-refractivity contribution in [2.24, 2.45) is 0 Å². The molecule has 0 spiro atoms. The molecule has 158 valence electrons. The maximum Gasteiger partial charge on any atom is 0.328 e. The quantitative estimate of drug-likeness (QED) is 0.660. The molecule has 0 radical (unpaired) electrons. The van der Waals surface area contributed by atoms with Crippen LogP contribution in [0.3, 0.4) is 0 Å². The van der Waals surface area contributed by atoms with E-state index in [1.54, 1.807) is 11.8 Å². The zero-order chi connectivity index (χ0) is 20.8. The Morgan fingerprint density at radius 2 is 1.79 bits per heavy atom. The van der Waals surface area contributed by atoms with Crippen LogP contribution >= 0.6 is 0 Å². The van der Waals surface area contributed by atoms with Crippen molar-refractivity contribution < 1.29 is 19.1 Å². The lowest BCUT2D eigenvalue weighted by Crippen LogP contribution is -2.50. The molecule has 2 saturated heterocycles. The first-order chi connectivity index (χ1) is 14.0. The van der Waals surface area contributed by atoms with Crippen molar-refractivity contribution in [2.75, 3.05) is 13.2 Å². The molecule has 0 aromatic heterocycles. The third-order valence-corrected chi connectivity index (χ3v) is 6.03. The molecule has 0 aliphatic carbocycles. The zero-order valence-electron chi connectivity index (χ0n) is 17.6. The van der Waals surface area contributed by atoms with Crippen LogP contribution in [-0.4, -0.2) is 52.8 Å². The van der Waals surface area contributed by atoms with Gasteiger partial charge in [0, 0.05) is 32.0 Å². The Bertz CT molecular complexity index is 731. The molecular weight excluding hydrogens is 368 g/mol. The Morgan fingerprint density at radius 3 is 2.48 bits per heavy atom. The Balaban J connectivity index is 1.65. The van der Waals surface area contributed by atoms with Gasteiger partial charge in [0.05, 0.1) is 6.61 Å². The van der Waals surface area contributed by atoms with Crippen LogP contribution in [-0.2, 0) is 32.1 Å². The Labute approximate surface area is 173 Å². The molecule has 0 saturated carbocycles. The summed E-state index contributed by atoms with van der Waals surface area (Å²) in [5, 5.41) is 0. The van der Waals surface area contributed by atoms with Gasteiger partial charge in [-0.05, 0) is 50.2 Å². The average Bonchev–Trinajstić information content (AvgIpc) is 3.08. The van der Waals surface area contributed by atoms with E-state index in [0.29, 0.717) is 39.0 Å². The third-order valence-electron chi connectivity index (χ3n) is 6.03. The molecule has 29 heavy (non-hydrogen) atoms. The molecule has 2 fully saturated rings. The molecule has 2 heterocycles. The number of carbonyl (C=O) groups excluding carboxylic acids is 3. The number of aryl methyl sites for hydroxylation is 1. The molecule has 1 aromatic rings. The van der Waals surface area contributed by atoms with E-state index in [2.05, 4.69) is 31.2 Å². The molecule has 2 unspecified atom stereocenters. The van der Waals surface area contributed by atoms with Gasteiger partial charge in [-0.15, -0.1) is 0 Å². The minimum absolute atomic E-state index is 0.0474. The molecule has 2 amide bonds. The largest absolute Gasteiger partial charge is 0.464 e. The van der Waals surface area contributed by atoms with Crippen molar-refractivity contribution in [3.63, 3.8) is 0 Å². The van der Waals surface area contributed by atoms with Crippen LogP contribution in [0.15, 0.2) is 24.3 Å². The van der Waals surface area contributed by atoms with Crippen LogP contribution in [0.2, 0.25) is 0 Å². The summed E-state index contributed by atoms with van der Waals surface area (Å²) in [5.41, 5.74) is 2.35. The molecule has 2 aliphatic rings. The van der Waals surface area contributed by atoms with Crippen LogP contribution < -0.4 is 0 Å². The van der Waals surface area contributed by atoms with E-state index in [4.69, 9.17) is 4.74 Å². The summed E-state index contributed by atoms with van der Waals surface area (Å²) < 4.78 is 5.17. The van der Waals surface area contributed by atoms with Gasteiger partial charge < -0.3 is 14.5 Å². The summed E-state index contributed by atoms with van der Waals surface area (Å²) in [6, 6.07) is 7.71. The van der Waals surface area contributed by atoms with E-state index in [1.807, 2.05) is 4.90 Å². The number of rotatable bonds is 7. The van der Waals surface area contributed by atoms with E-state index in [-0.39, 0.29) is 30.2 Å². The summed E-state index contributed by atoms with van der Waals surface area (Å²) in [5.74, 6) is -0.257. The van der Waals surface area contributed by atoms with Crippen LogP contribution in [0.25, 0.3) is 0 Å². The molecule has 1 aromatic carbocycles. The van der Waals surface area contributed by atoms with E-state index in [0.717, 1.165) is 24.8 Å². The highest BCUT2D eigenvalue weighted by Gasteiger charge is 2.37. The molecule has 0 N–H and O–H groups in total. The van der Waals surface area contributed by atoms with Crippen LogP contribution in [0.4, 0.5) is 0 Å². The van der Waals surface area contributed by atoms with Gasteiger partial charge in [0.25, 0.3) is 0 Å². The lowest BCUT2D eigenvalue weighted by Gasteiger charge is -2.35. The van der Waals surface area contributed by atoms with Gasteiger partial charge in [-0.25, -0.2) is 4.79 Å². The first kappa shape index (κ1) is 21.3. The second-order valence-electron chi connectivity index (χ2n) is 7.94. The number of benzene rings is 1. The first-order valence-electron chi connectivity index (χ1n) is 10.9. The van der Waals surface area contributed by atoms with E-state index in [1.165, 1.54) is 5.56 Å². The number of hydrogen-bond donors (Lipinski definition) is 0. The standard InChI is InChI=1S/C23H32N2O4/c1-3-17-8-10-18(11-9-17)16-25-19(12-13-21(25)26)15-22(27)24-14-6-5-7-20(24)23(28)29-4-2/h8-11,19-20H,3-7,12-16H2,1-2H3. The summed E-state index contributed by atoms with van der Waals surface area (Å²) in [6.45, 7) is 5.33. The van der Waals surface area contributed by atoms with E-state index in [9.17, 15) is 14.4 Å². The zero-order valence-corrected chi connectivity index (χ0v) is 17.6. The van der Waals surface area contributed by atoms with Crippen LogP contribution in [0.5, 0.6) is 0 Å². The Kier molecular flexibility index (Phi) is 7.29. The SMILES string of the molecule is CCOC(=O)C1CCCCN1C(=O)CC1CCC(=O)N1Cc1ccc(CC)cc1. The van der Waals surface area contributed by atoms with Gasteiger partial charge in [-0.2, -0.15) is 0 Å². The normalized spacial score (nSPS) is 22.1. The second-order valence-corrected chi connectivity index (χ2v) is 7.94. The number of esters is 1. The van der Waals surface area contributed by atoms with Crippen LogP contribution in [0.1, 0.15) is 63.5 Å². The fraction of sp³-hybridized carbons (Fsp3) is 0.609. The van der Waals surface area contributed by atoms with Crippen molar-refractivity contribution in [2.45, 2.75) is 77.4 Å². The molecular formula is C23H32N2O4. The monoisotopic (exact) mass is 400 g/mol. The summed E-state index contributed by atoms with van der Waals surface area (Å²) >= 11 is 0. The van der Waals surface area contributed by atoms with Crippen molar-refractivity contribution in [3.8, 4) is 0 Å². The van der Waals surface area contributed by atoms with Gasteiger partial charge in [0.15, 0.2) is 0 Å². The number of ether oxygens (including phenoxy) is 1. The fourth-order valence-electron chi connectivity index (χ4n) is 4.33. The minimum Gasteiger partial charge on any atom is -0.464 e. The maximum absolute atomic E-state index is 13.0. The predicted molar refractivity (Wildman–Crippen MR) is 110 cm³/mol. The van der Waals surface area contributed by atoms with Gasteiger partial charge >= 0.3 is 5.97 Å². The number of piperidine rings is 1. The van der Waals surface area contributed by atoms with Gasteiger partial charge in [0.1, 0.15) is 6.04 Å². The third kappa shape index (κ3) is 5.17. The minimum atomic E-state index is -0.483. The van der Waals surface area contributed by atoms with Gasteiger partial charge in [0.2, 0.25) is 11.8 Å². The summed E-state index contributed by atoms with van der Waals surface area (Å²) in [6.07, 6.45) is 4.91. The number of hydrogen-bond acceptors (Lipinski definition) is 4. The smallest absolute Gasteiger partial charge is 0.328 e. The summed E-state index contributed by atoms with van der Waals surface area (Å²) in [4.78, 5) is 41.3. The van der Waals surface area contributed by atoms with Crippen molar-refractivity contribution in [1.82, 2.24) is 9.80 Å². The highest BCUT2D eigenvalue weighted by Crippen LogP contribution is 2.27. The molecule has 3 rings (SSSR count). The van der Waals surface area contributed by atoms with Crippen LogP contribution in [0, 0.1) is 0 Å². The molecule has 0 bridgehead atoms. The molecule has 6 heteroatoms. The number of carbonyl (C=O) groups is 3. The van der Waals surface area contributed by atoms with E-state index >= 15 is 0 Å². The van der Waals surface area contributed by atoms with Gasteiger partial charge in [-0.1, -0.05) is 31.2 Å². The maximum atomic E-state index is 13.0. The van der Waals surface area contributed by atoms with Crippen molar-refractivity contribution >= 4 is 17.8 Å². The highest BCUT2D eigenvalue weighted by atomic mass is 16.5. The molecule has 2 atom stereocenters. The Morgan fingerprint density at radius 1 is 1.07 bits per heavy atom. The highest BCUT2D eigenvalue weighted by molar-refractivity contribution is 5.86. The van der Waals surface area contributed by atoms with E-state index < -0.39 is 6.04 Å². The van der Waals surface area contributed by atoms with Crippen molar-refractivity contribution in [1.29, 1.82) is 0 Å².